The summed E-state index contributed by atoms with van der Waals surface area (Å²) in [5, 5.41) is 7.09. The van der Waals surface area contributed by atoms with Crippen LogP contribution < -0.4 is 10.6 Å². The maximum atomic E-state index is 12.0. The summed E-state index contributed by atoms with van der Waals surface area (Å²) < 4.78 is 5.12. The van der Waals surface area contributed by atoms with Gasteiger partial charge in [0.15, 0.2) is 10.9 Å². The van der Waals surface area contributed by atoms with Crippen LogP contribution in [0.25, 0.3) is 0 Å². The van der Waals surface area contributed by atoms with E-state index in [9.17, 15) is 4.79 Å². The van der Waals surface area contributed by atoms with E-state index in [1.54, 1.807) is 12.1 Å². The minimum atomic E-state index is -0.150. The van der Waals surface area contributed by atoms with Crippen molar-refractivity contribution in [2.75, 3.05) is 13.1 Å². The quantitative estimate of drug-likeness (QED) is 0.836. The Hall–Kier alpha value is -2.34. The number of hydrogen-bond donors (Lipinski definition) is 2. The van der Waals surface area contributed by atoms with Crippen molar-refractivity contribution in [1.29, 1.82) is 0 Å². The fourth-order valence-corrected chi connectivity index (χ4v) is 3.03. The third-order valence-corrected chi connectivity index (χ3v) is 4.55. The van der Waals surface area contributed by atoms with Gasteiger partial charge >= 0.3 is 0 Å². The number of nitrogens with zero attached hydrogens (tertiary/aromatic N) is 1. The van der Waals surface area contributed by atoms with Crippen LogP contribution in [-0.4, -0.2) is 35.1 Å². The van der Waals surface area contributed by atoms with Crippen molar-refractivity contribution in [1.82, 2.24) is 15.5 Å². The smallest absolute Gasteiger partial charge is 0.287 e. The second-order valence-electron chi connectivity index (χ2n) is 5.86. The second-order valence-corrected chi connectivity index (χ2v) is 6.24. The third-order valence-electron chi connectivity index (χ3n) is 4.15. The normalized spacial score (nSPS) is 15.1. The Kier molecular flexibility index (Phi) is 5.48. The Labute approximate surface area is 147 Å². The molecular weight excluding hydrogens is 322 g/mol. The summed E-state index contributed by atoms with van der Waals surface area (Å²) in [5.41, 5.74) is 1.21. The van der Waals surface area contributed by atoms with Crippen molar-refractivity contribution in [3.8, 4) is 0 Å². The van der Waals surface area contributed by atoms with Gasteiger partial charge in [-0.25, -0.2) is 0 Å². The topological polar surface area (TPSA) is 57.5 Å². The fourth-order valence-electron chi connectivity index (χ4n) is 2.78. The lowest BCUT2D eigenvalue weighted by molar-refractivity contribution is 0.0894. The fraction of sp³-hybridized carbons (Fsp3) is 0.333. The van der Waals surface area contributed by atoms with Gasteiger partial charge in [-0.3, -0.25) is 4.79 Å². The van der Waals surface area contributed by atoms with Crippen LogP contribution in [0.15, 0.2) is 53.1 Å². The first-order valence-electron chi connectivity index (χ1n) is 8.13. The van der Waals surface area contributed by atoms with Crippen molar-refractivity contribution in [2.45, 2.75) is 25.4 Å². The maximum absolute atomic E-state index is 12.0. The van der Waals surface area contributed by atoms with Gasteiger partial charge in [-0.2, -0.15) is 0 Å². The maximum Gasteiger partial charge on any atom is 0.287 e. The summed E-state index contributed by atoms with van der Waals surface area (Å²) in [6, 6.07) is 13.7. The van der Waals surface area contributed by atoms with E-state index in [2.05, 4.69) is 27.7 Å². The van der Waals surface area contributed by atoms with E-state index >= 15 is 0 Å². The Bertz CT molecular complexity index is 665. The van der Waals surface area contributed by atoms with Crippen LogP contribution in [0.2, 0.25) is 0 Å². The third kappa shape index (κ3) is 4.35. The number of likely N-dealkylation sites (tertiary alicyclic amines) is 1. The molecule has 0 spiro atoms. The highest BCUT2D eigenvalue weighted by atomic mass is 32.1. The number of nitrogens with one attached hydrogen (secondary N) is 2. The number of rotatable bonds is 4. The van der Waals surface area contributed by atoms with Gasteiger partial charge in [0, 0.05) is 25.7 Å². The molecule has 0 radical (unpaired) electrons. The first kappa shape index (κ1) is 16.5. The second kappa shape index (κ2) is 7.97. The Morgan fingerprint density at radius 1 is 1.17 bits per heavy atom. The van der Waals surface area contributed by atoms with E-state index in [0.717, 1.165) is 37.6 Å². The van der Waals surface area contributed by atoms with Crippen molar-refractivity contribution < 1.29 is 9.21 Å². The molecule has 1 aliphatic heterocycles. The van der Waals surface area contributed by atoms with Crippen molar-refractivity contribution in [3.63, 3.8) is 0 Å². The monoisotopic (exact) mass is 343 g/mol. The molecule has 6 heteroatoms. The first-order valence-corrected chi connectivity index (χ1v) is 8.54. The molecule has 0 bridgehead atoms. The van der Waals surface area contributed by atoms with Gasteiger partial charge in [-0.05, 0) is 42.8 Å². The predicted molar refractivity (Wildman–Crippen MR) is 96.6 cm³/mol. The molecule has 0 saturated carbocycles. The summed E-state index contributed by atoms with van der Waals surface area (Å²) in [7, 11) is 0. The number of furan rings is 1. The number of hydrogen-bond acceptors (Lipinski definition) is 3. The molecule has 0 aliphatic carbocycles. The molecule has 24 heavy (non-hydrogen) atoms. The van der Waals surface area contributed by atoms with Crippen LogP contribution in [0.4, 0.5) is 0 Å². The Morgan fingerprint density at radius 3 is 2.58 bits per heavy atom. The standard InChI is InChI=1S/C18H21N3O2S/c22-17(16-7-4-12-23-16)20-15-8-10-21(11-9-15)18(24)19-13-14-5-2-1-3-6-14/h1-7,12,15H,8-11,13H2,(H,19,24)(H,20,22). The number of piperidine rings is 1. The number of carbonyl (C=O) groups is 1. The van der Waals surface area contributed by atoms with E-state index in [1.807, 2.05) is 18.2 Å². The lowest BCUT2D eigenvalue weighted by atomic mass is 10.1. The summed E-state index contributed by atoms with van der Waals surface area (Å²) in [5.74, 6) is 0.209. The van der Waals surface area contributed by atoms with Crippen LogP contribution in [0.3, 0.4) is 0 Å². The molecule has 0 atom stereocenters. The van der Waals surface area contributed by atoms with E-state index in [0.29, 0.717) is 5.76 Å². The van der Waals surface area contributed by atoms with Gasteiger partial charge in [0.2, 0.25) is 0 Å². The molecule has 1 saturated heterocycles. The predicted octanol–water partition coefficient (Wildman–Crippen LogP) is 2.55. The van der Waals surface area contributed by atoms with Crippen molar-refractivity contribution in [3.05, 3.63) is 60.1 Å². The number of carbonyl (C=O) groups excluding carboxylic acids is 1. The summed E-state index contributed by atoms with van der Waals surface area (Å²) >= 11 is 5.48. The van der Waals surface area contributed by atoms with Gasteiger partial charge in [0.05, 0.1) is 6.26 Å². The largest absolute Gasteiger partial charge is 0.459 e. The molecule has 1 aromatic carbocycles. The lowest BCUT2D eigenvalue weighted by Gasteiger charge is -2.34. The molecular formula is C18H21N3O2S. The highest BCUT2D eigenvalue weighted by Gasteiger charge is 2.23. The van der Waals surface area contributed by atoms with E-state index in [1.165, 1.54) is 11.8 Å². The zero-order valence-corrected chi connectivity index (χ0v) is 14.2. The molecule has 5 nitrogen and oxygen atoms in total. The molecule has 1 aliphatic rings. The summed E-state index contributed by atoms with van der Waals surface area (Å²) in [6.45, 7) is 2.41. The van der Waals surface area contributed by atoms with Crippen molar-refractivity contribution in [2.24, 2.45) is 0 Å². The molecule has 2 N–H and O–H groups in total. The van der Waals surface area contributed by atoms with Crippen LogP contribution in [-0.2, 0) is 6.54 Å². The summed E-state index contributed by atoms with van der Waals surface area (Å²) in [4.78, 5) is 14.2. The molecule has 1 fully saturated rings. The molecule has 1 amide bonds. The van der Waals surface area contributed by atoms with Gasteiger partial charge < -0.3 is 20.0 Å². The highest BCUT2D eigenvalue weighted by Crippen LogP contribution is 2.12. The Balaban J connectivity index is 1.41. The van der Waals surface area contributed by atoms with E-state index in [4.69, 9.17) is 16.6 Å². The minimum absolute atomic E-state index is 0.150. The molecule has 3 rings (SSSR count). The average molecular weight is 343 g/mol. The summed E-state index contributed by atoms with van der Waals surface area (Å²) in [6.07, 6.45) is 3.26. The molecule has 1 aromatic heterocycles. The number of amides is 1. The highest BCUT2D eigenvalue weighted by molar-refractivity contribution is 7.80. The van der Waals surface area contributed by atoms with Crippen LogP contribution in [0.5, 0.6) is 0 Å². The first-order chi connectivity index (χ1) is 11.7. The average Bonchev–Trinajstić information content (AvgIpc) is 3.16. The molecule has 2 heterocycles. The van der Waals surface area contributed by atoms with E-state index < -0.39 is 0 Å². The number of benzene rings is 1. The number of thiocarbonyl (C=S) groups is 1. The van der Waals surface area contributed by atoms with Crippen LogP contribution in [0.1, 0.15) is 29.0 Å². The minimum Gasteiger partial charge on any atom is -0.459 e. The lowest BCUT2D eigenvalue weighted by Crippen LogP contribution is -2.49. The van der Waals surface area contributed by atoms with Gasteiger partial charge in [-0.15, -0.1) is 0 Å². The Morgan fingerprint density at radius 2 is 1.92 bits per heavy atom. The van der Waals surface area contributed by atoms with Crippen molar-refractivity contribution >= 4 is 23.2 Å². The van der Waals surface area contributed by atoms with Gasteiger partial charge in [0.25, 0.3) is 5.91 Å². The zero-order chi connectivity index (χ0) is 16.8. The van der Waals surface area contributed by atoms with Gasteiger partial charge in [-0.1, -0.05) is 30.3 Å². The molecule has 2 aromatic rings. The van der Waals surface area contributed by atoms with E-state index in [-0.39, 0.29) is 11.9 Å². The zero-order valence-electron chi connectivity index (χ0n) is 13.4. The SMILES string of the molecule is O=C(NC1CCN(C(=S)NCc2ccccc2)CC1)c1ccco1. The van der Waals surface area contributed by atoms with Crippen LogP contribution in [0, 0.1) is 0 Å². The van der Waals surface area contributed by atoms with Gasteiger partial charge in [0.1, 0.15) is 0 Å². The molecule has 126 valence electrons. The molecule has 0 unspecified atom stereocenters. The van der Waals surface area contributed by atoms with Crippen LogP contribution >= 0.6 is 12.2 Å².